The molecule has 0 fully saturated rings. The van der Waals surface area contributed by atoms with Crippen LogP contribution in [0.15, 0.2) is 48.8 Å². The number of hydrogen-bond donors (Lipinski definition) is 1. The van der Waals surface area contributed by atoms with Crippen LogP contribution >= 0.6 is 0 Å². The fourth-order valence-electron chi connectivity index (χ4n) is 2.18. The molecule has 4 heteroatoms. The number of para-hydroxylation sites is 1. The highest BCUT2D eigenvalue weighted by Gasteiger charge is 2.24. The number of rotatable bonds is 2. The zero-order valence-electron chi connectivity index (χ0n) is 10.4. The molecule has 1 unspecified atom stereocenters. The topological polar surface area (TPSA) is 51.2 Å². The Labute approximate surface area is 111 Å². The highest BCUT2D eigenvalue weighted by molar-refractivity contribution is 5.95. The molecule has 1 aliphatic heterocycles. The summed E-state index contributed by atoms with van der Waals surface area (Å²) in [5.41, 5.74) is 2.03. The van der Waals surface area contributed by atoms with Crippen molar-refractivity contribution in [2.45, 2.75) is 18.9 Å². The van der Waals surface area contributed by atoms with E-state index in [1.54, 1.807) is 24.5 Å². The van der Waals surface area contributed by atoms with Gasteiger partial charge in [-0.05, 0) is 36.6 Å². The zero-order chi connectivity index (χ0) is 13.1. The predicted molar refractivity (Wildman–Crippen MR) is 72.0 cm³/mol. The number of carbonyl (C=O) groups is 1. The second kappa shape index (κ2) is 5.10. The Morgan fingerprint density at radius 2 is 2.11 bits per heavy atom. The minimum atomic E-state index is -0.475. The molecule has 0 saturated carbocycles. The van der Waals surface area contributed by atoms with Crippen LogP contribution in [0.1, 0.15) is 12.0 Å². The molecule has 2 heterocycles. The van der Waals surface area contributed by atoms with Crippen molar-refractivity contribution >= 4 is 11.6 Å². The molecule has 2 aromatic rings. The van der Waals surface area contributed by atoms with Crippen molar-refractivity contribution in [1.82, 2.24) is 4.98 Å². The third kappa shape index (κ3) is 2.57. The largest absolute Gasteiger partial charge is 0.479 e. The third-order valence-electron chi connectivity index (χ3n) is 3.16. The number of ether oxygens (including phenoxy) is 1. The van der Waals surface area contributed by atoms with E-state index in [0.29, 0.717) is 12.2 Å². The van der Waals surface area contributed by atoms with Crippen LogP contribution < -0.4 is 10.1 Å². The molecule has 0 saturated heterocycles. The summed E-state index contributed by atoms with van der Waals surface area (Å²) in [7, 11) is 0. The number of benzene rings is 1. The average molecular weight is 254 g/mol. The van der Waals surface area contributed by atoms with Crippen LogP contribution in [-0.2, 0) is 11.2 Å². The van der Waals surface area contributed by atoms with Crippen molar-refractivity contribution in [1.29, 1.82) is 0 Å². The molecule has 0 spiro atoms. The minimum absolute atomic E-state index is 0.103. The number of fused-ring (bicyclic) bond motifs is 1. The lowest BCUT2D eigenvalue weighted by atomic mass is 10.1. The van der Waals surface area contributed by atoms with Crippen LogP contribution in [0.4, 0.5) is 5.69 Å². The van der Waals surface area contributed by atoms with Gasteiger partial charge in [-0.15, -0.1) is 0 Å². The van der Waals surface area contributed by atoms with E-state index >= 15 is 0 Å². The Morgan fingerprint density at radius 1 is 1.21 bits per heavy atom. The summed E-state index contributed by atoms with van der Waals surface area (Å²) >= 11 is 0. The van der Waals surface area contributed by atoms with E-state index < -0.39 is 6.10 Å². The smallest absolute Gasteiger partial charge is 0.265 e. The molecule has 1 aliphatic rings. The zero-order valence-corrected chi connectivity index (χ0v) is 10.4. The number of nitrogens with zero attached hydrogens (tertiary/aromatic N) is 1. The quantitative estimate of drug-likeness (QED) is 0.895. The maximum absolute atomic E-state index is 12.1. The van der Waals surface area contributed by atoms with Crippen LogP contribution in [0, 0.1) is 0 Å². The van der Waals surface area contributed by atoms with E-state index in [9.17, 15) is 4.79 Å². The second-order valence-corrected chi connectivity index (χ2v) is 4.48. The summed E-state index contributed by atoms with van der Waals surface area (Å²) in [6.07, 6.45) is 4.30. The SMILES string of the molecule is O=C1Nc2ccccc2CCC1Oc1cccnc1. The Morgan fingerprint density at radius 3 is 2.95 bits per heavy atom. The van der Waals surface area contributed by atoms with E-state index in [1.165, 1.54) is 0 Å². The first-order valence-corrected chi connectivity index (χ1v) is 6.28. The van der Waals surface area contributed by atoms with Gasteiger partial charge in [0.15, 0.2) is 6.10 Å². The Bertz CT molecular complexity index is 584. The van der Waals surface area contributed by atoms with Gasteiger partial charge in [0.05, 0.1) is 6.20 Å². The van der Waals surface area contributed by atoms with Crippen molar-refractivity contribution in [3.63, 3.8) is 0 Å². The van der Waals surface area contributed by atoms with Crippen molar-refractivity contribution in [2.75, 3.05) is 5.32 Å². The molecule has 3 rings (SSSR count). The number of nitrogens with one attached hydrogen (secondary N) is 1. The third-order valence-corrected chi connectivity index (χ3v) is 3.16. The lowest BCUT2D eigenvalue weighted by molar-refractivity contribution is -0.122. The molecule has 1 aromatic carbocycles. The number of aryl methyl sites for hydroxylation is 1. The van der Waals surface area contributed by atoms with Crippen molar-refractivity contribution < 1.29 is 9.53 Å². The van der Waals surface area contributed by atoms with Crippen LogP contribution in [0.3, 0.4) is 0 Å². The van der Waals surface area contributed by atoms with E-state index in [1.807, 2.05) is 24.3 Å². The molecule has 1 aromatic heterocycles. The number of hydrogen-bond acceptors (Lipinski definition) is 3. The molecule has 1 amide bonds. The molecule has 0 bridgehead atoms. The maximum atomic E-state index is 12.1. The molecule has 0 aliphatic carbocycles. The summed E-state index contributed by atoms with van der Waals surface area (Å²) in [4.78, 5) is 16.1. The van der Waals surface area contributed by atoms with Crippen molar-refractivity contribution in [3.8, 4) is 5.75 Å². The lowest BCUT2D eigenvalue weighted by Crippen LogP contribution is -2.31. The fraction of sp³-hybridized carbons (Fsp3) is 0.200. The Hall–Kier alpha value is -2.36. The molecular formula is C15H14N2O2. The normalized spacial score (nSPS) is 18.1. The first-order valence-electron chi connectivity index (χ1n) is 6.28. The first-order chi connectivity index (χ1) is 9.33. The molecule has 1 atom stereocenters. The van der Waals surface area contributed by atoms with E-state index in [2.05, 4.69) is 10.3 Å². The molecule has 1 N–H and O–H groups in total. The van der Waals surface area contributed by atoms with Crippen molar-refractivity contribution in [2.24, 2.45) is 0 Å². The lowest BCUT2D eigenvalue weighted by Gasteiger charge is -2.15. The minimum Gasteiger partial charge on any atom is -0.479 e. The maximum Gasteiger partial charge on any atom is 0.265 e. The Kier molecular flexibility index (Phi) is 3.14. The predicted octanol–water partition coefficient (Wildman–Crippen LogP) is 2.41. The molecule has 96 valence electrons. The highest BCUT2D eigenvalue weighted by Crippen LogP contribution is 2.23. The van der Waals surface area contributed by atoms with Gasteiger partial charge in [0, 0.05) is 11.9 Å². The van der Waals surface area contributed by atoms with Gasteiger partial charge in [-0.1, -0.05) is 18.2 Å². The average Bonchev–Trinajstić information content (AvgIpc) is 2.60. The summed E-state index contributed by atoms with van der Waals surface area (Å²) in [6.45, 7) is 0. The second-order valence-electron chi connectivity index (χ2n) is 4.48. The number of carbonyl (C=O) groups excluding carboxylic acids is 1. The van der Waals surface area contributed by atoms with Gasteiger partial charge < -0.3 is 10.1 Å². The molecular weight excluding hydrogens is 240 g/mol. The van der Waals surface area contributed by atoms with Crippen LogP contribution in [0.25, 0.3) is 0 Å². The van der Waals surface area contributed by atoms with Gasteiger partial charge in [0.2, 0.25) is 0 Å². The van der Waals surface area contributed by atoms with Gasteiger partial charge in [0.1, 0.15) is 5.75 Å². The fourth-order valence-corrected chi connectivity index (χ4v) is 2.18. The summed E-state index contributed by atoms with van der Waals surface area (Å²) in [5.74, 6) is 0.516. The van der Waals surface area contributed by atoms with Gasteiger partial charge in [0.25, 0.3) is 5.91 Å². The summed E-state index contributed by atoms with van der Waals surface area (Å²) in [6, 6.07) is 11.4. The molecule has 19 heavy (non-hydrogen) atoms. The number of amides is 1. The van der Waals surface area contributed by atoms with Crippen LogP contribution in [0.2, 0.25) is 0 Å². The van der Waals surface area contributed by atoms with Gasteiger partial charge in [-0.3, -0.25) is 9.78 Å². The van der Waals surface area contributed by atoms with E-state index in [0.717, 1.165) is 17.7 Å². The number of anilines is 1. The number of aromatic nitrogens is 1. The van der Waals surface area contributed by atoms with Crippen LogP contribution in [0.5, 0.6) is 5.75 Å². The van der Waals surface area contributed by atoms with Gasteiger partial charge in [-0.25, -0.2) is 0 Å². The highest BCUT2D eigenvalue weighted by atomic mass is 16.5. The van der Waals surface area contributed by atoms with E-state index in [4.69, 9.17) is 4.74 Å². The van der Waals surface area contributed by atoms with Gasteiger partial charge >= 0.3 is 0 Å². The first kappa shape index (κ1) is 11.7. The molecule has 4 nitrogen and oxygen atoms in total. The standard InChI is InChI=1S/C15H14N2O2/c18-15-14(19-12-5-3-9-16-10-12)8-7-11-4-1-2-6-13(11)17-15/h1-6,9-10,14H,7-8H2,(H,17,18). The van der Waals surface area contributed by atoms with E-state index in [-0.39, 0.29) is 5.91 Å². The molecule has 0 radical (unpaired) electrons. The number of pyridine rings is 1. The van der Waals surface area contributed by atoms with Gasteiger partial charge in [-0.2, -0.15) is 0 Å². The van der Waals surface area contributed by atoms with Crippen molar-refractivity contribution in [3.05, 3.63) is 54.4 Å². The van der Waals surface area contributed by atoms with Crippen LogP contribution in [-0.4, -0.2) is 17.0 Å². The summed E-state index contributed by atoms with van der Waals surface area (Å²) in [5, 5.41) is 2.91. The summed E-state index contributed by atoms with van der Waals surface area (Å²) < 4.78 is 5.70. The Balaban J connectivity index is 1.78. The monoisotopic (exact) mass is 254 g/mol.